The molecule has 1 aromatic carbocycles. The van der Waals surface area contributed by atoms with Gasteiger partial charge in [-0.2, -0.15) is 0 Å². The summed E-state index contributed by atoms with van der Waals surface area (Å²) < 4.78 is 30.7. The van der Waals surface area contributed by atoms with E-state index in [-0.39, 0.29) is 19.1 Å². The lowest BCUT2D eigenvalue weighted by molar-refractivity contribution is -0.162. The van der Waals surface area contributed by atoms with Gasteiger partial charge in [-0.05, 0) is 29.3 Å². The fraction of sp³-hybridized carbons (Fsp3) is 0.333. The molecule has 0 saturated carbocycles. The van der Waals surface area contributed by atoms with Crippen molar-refractivity contribution in [3.8, 4) is 0 Å². The number of aliphatic hydroxyl groups excluding tert-OH is 1. The third-order valence-electron chi connectivity index (χ3n) is 4.26. The Morgan fingerprint density at radius 1 is 1.30 bits per heavy atom. The predicted molar refractivity (Wildman–Crippen MR) is 99.3 cm³/mol. The summed E-state index contributed by atoms with van der Waals surface area (Å²) in [6.07, 6.45) is 3.90. The SMILES string of the molecule is CS(=O)(=O)Nc1ccc(C2OCC(=O)N(Cc3cccnc3)C2CO)cc1. The molecule has 1 saturated heterocycles. The molecular formula is C18H21N3O5S. The lowest BCUT2D eigenvalue weighted by Crippen LogP contribution is -2.52. The van der Waals surface area contributed by atoms with Crippen molar-refractivity contribution in [1.29, 1.82) is 0 Å². The lowest BCUT2D eigenvalue weighted by Gasteiger charge is -2.40. The predicted octanol–water partition coefficient (Wildman–Crippen LogP) is 0.914. The number of pyridine rings is 1. The summed E-state index contributed by atoms with van der Waals surface area (Å²) >= 11 is 0. The van der Waals surface area contributed by atoms with Crippen LogP contribution in [0.25, 0.3) is 0 Å². The van der Waals surface area contributed by atoms with Crippen LogP contribution in [0.4, 0.5) is 5.69 Å². The molecule has 1 aliphatic heterocycles. The van der Waals surface area contributed by atoms with Crippen LogP contribution in [0.1, 0.15) is 17.2 Å². The highest BCUT2D eigenvalue weighted by Gasteiger charge is 2.37. The zero-order valence-electron chi connectivity index (χ0n) is 14.8. The van der Waals surface area contributed by atoms with E-state index in [1.165, 1.54) is 0 Å². The zero-order chi connectivity index (χ0) is 19.4. The maximum Gasteiger partial charge on any atom is 0.249 e. The van der Waals surface area contributed by atoms with E-state index in [9.17, 15) is 18.3 Å². The Kier molecular flexibility index (Phi) is 5.73. The van der Waals surface area contributed by atoms with E-state index in [0.717, 1.165) is 17.4 Å². The molecule has 27 heavy (non-hydrogen) atoms. The summed E-state index contributed by atoms with van der Waals surface area (Å²) in [5, 5.41) is 9.92. The average molecular weight is 391 g/mol. The van der Waals surface area contributed by atoms with E-state index >= 15 is 0 Å². The molecule has 1 amide bonds. The van der Waals surface area contributed by atoms with E-state index < -0.39 is 22.2 Å². The second kappa shape index (κ2) is 8.03. The van der Waals surface area contributed by atoms with Crippen LogP contribution in [0, 0.1) is 0 Å². The Bertz CT molecular complexity index is 887. The van der Waals surface area contributed by atoms with E-state index in [0.29, 0.717) is 12.2 Å². The molecule has 0 bridgehead atoms. The number of ether oxygens (including phenoxy) is 1. The van der Waals surface area contributed by atoms with Crippen molar-refractivity contribution in [2.45, 2.75) is 18.7 Å². The van der Waals surface area contributed by atoms with Crippen LogP contribution in [0.3, 0.4) is 0 Å². The number of aliphatic hydroxyl groups is 1. The van der Waals surface area contributed by atoms with Crippen molar-refractivity contribution in [2.24, 2.45) is 0 Å². The Morgan fingerprint density at radius 3 is 2.63 bits per heavy atom. The summed E-state index contributed by atoms with van der Waals surface area (Å²) in [5.74, 6) is -0.204. The first-order valence-corrected chi connectivity index (χ1v) is 10.2. The van der Waals surface area contributed by atoms with Crippen LogP contribution < -0.4 is 4.72 Å². The normalized spacial score (nSPS) is 20.5. The first-order chi connectivity index (χ1) is 12.9. The van der Waals surface area contributed by atoms with Crippen molar-refractivity contribution in [3.63, 3.8) is 0 Å². The van der Waals surface area contributed by atoms with Crippen molar-refractivity contribution < 1.29 is 23.1 Å². The first kappa shape index (κ1) is 19.3. The lowest BCUT2D eigenvalue weighted by atomic mass is 9.98. The molecule has 9 heteroatoms. The standard InChI is InChI=1S/C18H21N3O5S/c1-27(24,25)20-15-6-4-14(5-7-15)18-16(11-22)21(17(23)12-26-18)10-13-3-2-8-19-9-13/h2-9,16,18,20,22H,10-12H2,1H3. The molecule has 0 radical (unpaired) electrons. The molecule has 2 unspecified atom stereocenters. The van der Waals surface area contributed by atoms with Gasteiger partial charge in [-0.3, -0.25) is 14.5 Å². The second-order valence-electron chi connectivity index (χ2n) is 6.36. The third kappa shape index (κ3) is 4.82. The number of hydrogen-bond acceptors (Lipinski definition) is 6. The minimum absolute atomic E-state index is 0.0925. The number of aromatic nitrogens is 1. The summed E-state index contributed by atoms with van der Waals surface area (Å²) in [7, 11) is -3.36. The van der Waals surface area contributed by atoms with Gasteiger partial charge in [-0.1, -0.05) is 18.2 Å². The number of anilines is 1. The van der Waals surface area contributed by atoms with E-state index in [2.05, 4.69) is 9.71 Å². The maximum absolute atomic E-state index is 12.3. The van der Waals surface area contributed by atoms with Gasteiger partial charge in [0.15, 0.2) is 0 Å². The minimum Gasteiger partial charge on any atom is -0.394 e. The van der Waals surface area contributed by atoms with Gasteiger partial charge in [0.2, 0.25) is 15.9 Å². The molecule has 1 aliphatic rings. The van der Waals surface area contributed by atoms with Gasteiger partial charge < -0.3 is 14.7 Å². The number of morpholine rings is 1. The Balaban J connectivity index is 1.81. The van der Waals surface area contributed by atoms with Gasteiger partial charge in [0.25, 0.3) is 0 Å². The van der Waals surface area contributed by atoms with Gasteiger partial charge in [-0.15, -0.1) is 0 Å². The smallest absolute Gasteiger partial charge is 0.249 e. The molecule has 2 aromatic rings. The number of amides is 1. The number of carbonyl (C=O) groups excluding carboxylic acids is 1. The molecule has 144 valence electrons. The Morgan fingerprint density at radius 2 is 2.04 bits per heavy atom. The molecule has 3 rings (SSSR count). The zero-order valence-corrected chi connectivity index (χ0v) is 15.6. The Labute approximate surface area is 157 Å². The molecule has 0 aliphatic carbocycles. The number of nitrogens with zero attached hydrogens (tertiary/aromatic N) is 2. The third-order valence-corrected chi connectivity index (χ3v) is 4.87. The largest absolute Gasteiger partial charge is 0.394 e. The maximum atomic E-state index is 12.3. The molecule has 1 fully saturated rings. The molecular weight excluding hydrogens is 370 g/mol. The summed E-state index contributed by atoms with van der Waals surface area (Å²) in [4.78, 5) is 18.0. The van der Waals surface area contributed by atoms with Crippen LogP contribution in [0.15, 0.2) is 48.8 Å². The van der Waals surface area contributed by atoms with Gasteiger partial charge >= 0.3 is 0 Å². The fourth-order valence-electron chi connectivity index (χ4n) is 3.06. The first-order valence-electron chi connectivity index (χ1n) is 8.36. The fourth-order valence-corrected chi connectivity index (χ4v) is 3.63. The number of hydrogen-bond donors (Lipinski definition) is 2. The highest BCUT2D eigenvalue weighted by molar-refractivity contribution is 7.92. The number of carbonyl (C=O) groups is 1. The summed E-state index contributed by atoms with van der Waals surface area (Å²) in [5.41, 5.74) is 2.04. The quantitative estimate of drug-likeness (QED) is 0.758. The van der Waals surface area contributed by atoms with Crippen LogP contribution >= 0.6 is 0 Å². The number of rotatable bonds is 6. The Hall–Kier alpha value is -2.49. The topological polar surface area (TPSA) is 109 Å². The molecule has 2 atom stereocenters. The van der Waals surface area contributed by atoms with Gasteiger partial charge in [0, 0.05) is 24.6 Å². The van der Waals surface area contributed by atoms with Crippen LogP contribution in [0.2, 0.25) is 0 Å². The van der Waals surface area contributed by atoms with Crippen molar-refractivity contribution in [2.75, 3.05) is 24.2 Å². The monoisotopic (exact) mass is 391 g/mol. The summed E-state index contributed by atoms with van der Waals surface area (Å²) in [6, 6.07) is 9.79. The van der Waals surface area contributed by atoms with E-state index in [1.807, 2.05) is 6.07 Å². The number of nitrogens with one attached hydrogen (secondary N) is 1. The van der Waals surface area contributed by atoms with Crippen molar-refractivity contribution in [1.82, 2.24) is 9.88 Å². The highest BCUT2D eigenvalue weighted by Crippen LogP contribution is 2.30. The molecule has 2 heterocycles. The van der Waals surface area contributed by atoms with Crippen LogP contribution in [-0.2, 0) is 26.1 Å². The average Bonchev–Trinajstić information content (AvgIpc) is 2.63. The van der Waals surface area contributed by atoms with E-state index in [4.69, 9.17) is 4.74 Å². The van der Waals surface area contributed by atoms with Gasteiger partial charge in [-0.25, -0.2) is 8.42 Å². The molecule has 0 spiro atoms. The summed E-state index contributed by atoms with van der Waals surface area (Å²) in [6.45, 7) is -0.0315. The number of benzene rings is 1. The number of sulfonamides is 1. The molecule has 8 nitrogen and oxygen atoms in total. The van der Waals surface area contributed by atoms with Crippen molar-refractivity contribution >= 4 is 21.6 Å². The van der Waals surface area contributed by atoms with E-state index in [1.54, 1.807) is 47.6 Å². The van der Waals surface area contributed by atoms with Crippen LogP contribution in [-0.4, -0.2) is 54.8 Å². The van der Waals surface area contributed by atoms with Crippen molar-refractivity contribution in [3.05, 3.63) is 59.9 Å². The minimum atomic E-state index is -3.36. The highest BCUT2D eigenvalue weighted by atomic mass is 32.2. The second-order valence-corrected chi connectivity index (χ2v) is 8.11. The molecule has 2 N–H and O–H groups in total. The van der Waals surface area contributed by atoms with Crippen LogP contribution in [0.5, 0.6) is 0 Å². The van der Waals surface area contributed by atoms with Gasteiger partial charge in [0.05, 0.1) is 18.9 Å². The van der Waals surface area contributed by atoms with Gasteiger partial charge in [0.1, 0.15) is 12.7 Å². The molecule has 1 aromatic heterocycles.